The number of halogens is 2. The maximum atomic E-state index is 13.9. The molecule has 0 N–H and O–H groups in total. The van der Waals surface area contributed by atoms with Gasteiger partial charge in [0.15, 0.2) is 4.80 Å². The lowest BCUT2D eigenvalue weighted by molar-refractivity contribution is -0.138. The molecule has 0 aliphatic carbocycles. The number of thiazole rings is 1. The van der Waals surface area contributed by atoms with Crippen LogP contribution in [0.1, 0.15) is 29.7 Å². The van der Waals surface area contributed by atoms with E-state index in [2.05, 4.69) is 15.9 Å². The van der Waals surface area contributed by atoms with Gasteiger partial charge in [-0.05, 0) is 54.5 Å². The lowest BCUT2D eigenvalue weighted by Gasteiger charge is -2.25. The van der Waals surface area contributed by atoms with Crippen molar-refractivity contribution in [1.82, 2.24) is 4.57 Å². The molecule has 0 fully saturated rings. The molecular weight excluding hydrogens is 571 g/mol. The number of carbonyl (C=O) groups is 1. The zero-order valence-corrected chi connectivity index (χ0v) is 22.9. The van der Waals surface area contributed by atoms with Crippen LogP contribution in [0.15, 0.2) is 92.6 Å². The van der Waals surface area contributed by atoms with Gasteiger partial charge in [0.2, 0.25) is 0 Å². The summed E-state index contributed by atoms with van der Waals surface area (Å²) in [6, 6.07) is 19.6. The quantitative estimate of drug-likeness (QED) is 0.300. The zero-order valence-electron chi connectivity index (χ0n) is 20.5. The highest BCUT2D eigenvalue weighted by molar-refractivity contribution is 9.10. The number of methoxy groups -OCH3 is 1. The predicted molar refractivity (Wildman–Crippen MR) is 148 cm³/mol. The summed E-state index contributed by atoms with van der Waals surface area (Å²) in [5.41, 5.74) is 2.32. The molecule has 192 valence electrons. The van der Waals surface area contributed by atoms with Crippen LogP contribution in [0, 0.1) is 5.82 Å². The molecule has 0 spiro atoms. The number of carbonyl (C=O) groups excluding carboxylic acids is 1. The van der Waals surface area contributed by atoms with Gasteiger partial charge in [0.25, 0.3) is 5.56 Å². The van der Waals surface area contributed by atoms with Gasteiger partial charge in [-0.15, -0.1) is 0 Å². The second-order valence-corrected chi connectivity index (χ2v) is 10.2. The molecule has 0 saturated carbocycles. The minimum atomic E-state index is -0.864. The third-order valence-corrected chi connectivity index (χ3v) is 7.75. The maximum Gasteiger partial charge on any atom is 0.338 e. The van der Waals surface area contributed by atoms with Crippen molar-refractivity contribution in [3.8, 4) is 5.75 Å². The number of ether oxygens (including phenoxy) is 2. The van der Waals surface area contributed by atoms with E-state index < -0.39 is 17.8 Å². The predicted octanol–water partition coefficient (Wildman–Crippen LogP) is 4.85. The van der Waals surface area contributed by atoms with Crippen molar-refractivity contribution in [1.29, 1.82) is 0 Å². The number of esters is 1. The number of nitrogens with zero attached hydrogens (tertiary/aromatic N) is 2. The number of benzene rings is 3. The lowest BCUT2D eigenvalue weighted by Crippen LogP contribution is -2.40. The Morgan fingerprint density at radius 2 is 1.87 bits per heavy atom. The Kier molecular flexibility index (Phi) is 7.40. The average molecular weight is 593 g/mol. The number of hydrogen-bond acceptors (Lipinski definition) is 6. The topological polar surface area (TPSA) is 69.9 Å². The van der Waals surface area contributed by atoms with Crippen LogP contribution in [-0.2, 0) is 9.53 Å². The van der Waals surface area contributed by atoms with Gasteiger partial charge in [0.1, 0.15) is 11.6 Å². The van der Waals surface area contributed by atoms with Crippen molar-refractivity contribution in [2.75, 3.05) is 13.7 Å². The van der Waals surface area contributed by atoms with Crippen LogP contribution in [-0.4, -0.2) is 24.3 Å². The average Bonchev–Trinajstić information content (AvgIpc) is 3.24. The molecule has 5 rings (SSSR count). The summed E-state index contributed by atoms with van der Waals surface area (Å²) >= 11 is 4.75. The summed E-state index contributed by atoms with van der Waals surface area (Å²) in [6.07, 6.45) is 1.76. The van der Waals surface area contributed by atoms with Crippen molar-refractivity contribution in [2.24, 2.45) is 4.99 Å². The summed E-state index contributed by atoms with van der Waals surface area (Å²) in [5.74, 6) is -0.365. The molecule has 1 atom stereocenters. The van der Waals surface area contributed by atoms with Gasteiger partial charge in [0, 0.05) is 10.0 Å². The minimum absolute atomic E-state index is 0.148. The van der Waals surface area contributed by atoms with Crippen LogP contribution in [0.4, 0.5) is 4.39 Å². The molecule has 4 aromatic rings. The maximum absolute atomic E-state index is 13.9. The first-order valence-corrected chi connectivity index (χ1v) is 13.4. The fourth-order valence-corrected chi connectivity index (χ4v) is 5.65. The Morgan fingerprint density at radius 1 is 1.13 bits per heavy atom. The van der Waals surface area contributed by atoms with Gasteiger partial charge in [0.05, 0.1) is 35.6 Å². The molecule has 38 heavy (non-hydrogen) atoms. The second-order valence-electron chi connectivity index (χ2n) is 8.37. The molecule has 9 heteroatoms. The second kappa shape index (κ2) is 10.9. The van der Waals surface area contributed by atoms with Gasteiger partial charge >= 0.3 is 5.97 Å². The summed E-state index contributed by atoms with van der Waals surface area (Å²) in [4.78, 5) is 32.5. The molecule has 1 aliphatic heterocycles. The van der Waals surface area contributed by atoms with E-state index in [9.17, 15) is 14.0 Å². The molecule has 1 aromatic heterocycles. The van der Waals surface area contributed by atoms with E-state index in [-0.39, 0.29) is 17.7 Å². The van der Waals surface area contributed by atoms with Crippen LogP contribution in [0.25, 0.3) is 11.8 Å². The Morgan fingerprint density at radius 3 is 2.55 bits per heavy atom. The fraction of sp³-hybridized carbons (Fsp3) is 0.138. The normalized spacial score (nSPS) is 15.2. The minimum Gasteiger partial charge on any atom is -0.497 e. The monoisotopic (exact) mass is 592 g/mol. The molecule has 0 unspecified atom stereocenters. The summed E-state index contributed by atoms with van der Waals surface area (Å²) in [5, 5.41) is 0. The Hall–Kier alpha value is -3.82. The van der Waals surface area contributed by atoms with Crippen molar-refractivity contribution in [2.45, 2.75) is 13.0 Å². The highest BCUT2D eigenvalue weighted by atomic mass is 79.9. The third-order valence-electron chi connectivity index (χ3n) is 6.05. The van der Waals surface area contributed by atoms with Crippen LogP contribution >= 0.6 is 27.3 Å². The fourth-order valence-electron chi connectivity index (χ4n) is 4.30. The molecule has 0 amide bonds. The van der Waals surface area contributed by atoms with E-state index in [0.29, 0.717) is 31.9 Å². The lowest BCUT2D eigenvalue weighted by atomic mass is 9.93. The van der Waals surface area contributed by atoms with Crippen molar-refractivity contribution in [3.05, 3.63) is 125 Å². The van der Waals surface area contributed by atoms with Crippen molar-refractivity contribution < 1.29 is 18.7 Å². The van der Waals surface area contributed by atoms with Crippen LogP contribution < -0.4 is 19.6 Å². The van der Waals surface area contributed by atoms with Crippen molar-refractivity contribution in [3.63, 3.8) is 0 Å². The van der Waals surface area contributed by atoms with Crippen molar-refractivity contribution >= 4 is 45.0 Å². The Bertz CT molecular complexity index is 1730. The molecule has 3 aromatic carbocycles. The van der Waals surface area contributed by atoms with Gasteiger partial charge in [-0.1, -0.05) is 69.7 Å². The SMILES string of the molecule is CCOC(=O)C1=C(c2ccccc2)N=c2s/c(=C\c3cc(OC)ccc3Br)c(=O)n2[C@@H]1c1ccc(F)cc1. The van der Waals surface area contributed by atoms with E-state index in [0.717, 1.165) is 10.0 Å². The van der Waals surface area contributed by atoms with E-state index in [1.165, 1.54) is 28.0 Å². The highest BCUT2D eigenvalue weighted by Crippen LogP contribution is 2.35. The summed E-state index contributed by atoms with van der Waals surface area (Å²) in [7, 11) is 1.58. The highest BCUT2D eigenvalue weighted by Gasteiger charge is 2.35. The Labute approximate surface area is 230 Å². The first-order valence-electron chi connectivity index (χ1n) is 11.8. The molecular formula is C29H22BrFN2O4S. The van der Waals surface area contributed by atoms with Crippen LogP contribution in [0.2, 0.25) is 0 Å². The first kappa shape index (κ1) is 25.8. The van der Waals surface area contributed by atoms with Crippen LogP contribution in [0.5, 0.6) is 5.75 Å². The van der Waals surface area contributed by atoms with Crippen LogP contribution in [0.3, 0.4) is 0 Å². The number of hydrogen-bond donors (Lipinski definition) is 0. The molecule has 6 nitrogen and oxygen atoms in total. The van der Waals surface area contributed by atoms with Gasteiger partial charge < -0.3 is 9.47 Å². The van der Waals surface area contributed by atoms with E-state index in [1.54, 1.807) is 32.2 Å². The molecule has 0 radical (unpaired) electrons. The number of fused-ring (bicyclic) bond motifs is 1. The standard InChI is InChI=1S/C29H22BrFN2O4S/c1-3-37-28(35)24-25(17-7-5-4-6-8-17)32-29-33(26(24)18-9-11-20(31)12-10-18)27(34)23(38-29)16-19-15-21(36-2)13-14-22(19)30/h4-16,26H,3H2,1-2H3/b23-16-/t26-/m1/s1. The first-order chi connectivity index (χ1) is 18.4. The van der Waals surface area contributed by atoms with E-state index in [1.807, 2.05) is 48.5 Å². The largest absolute Gasteiger partial charge is 0.497 e. The summed E-state index contributed by atoms with van der Waals surface area (Å²) < 4.78 is 27.4. The number of rotatable bonds is 6. The zero-order chi connectivity index (χ0) is 26.8. The van der Waals surface area contributed by atoms with E-state index in [4.69, 9.17) is 14.5 Å². The molecule has 2 heterocycles. The van der Waals surface area contributed by atoms with Gasteiger partial charge in [-0.3, -0.25) is 9.36 Å². The Balaban J connectivity index is 1.83. The van der Waals surface area contributed by atoms with Gasteiger partial charge in [-0.25, -0.2) is 14.2 Å². The third kappa shape index (κ3) is 4.87. The smallest absolute Gasteiger partial charge is 0.338 e. The van der Waals surface area contributed by atoms with E-state index >= 15 is 0 Å². The molecule has 0 bridgehead atoms. The number of aromatic nitrogens is 1. The summed E-state index contributed by atoms with van der Waals surface area (Å²) in [6.45, 7) is 1.86. The molecule has 1 aliphatic rings. The van der Waals surface area contributed by atoms with Gasteiger partial charge in [-0.2, -0.15) is 0 Å². The molecule has 0 saturated heterocycles.